The van der Waals surface area contributed by atoms with Crippen LogP contribution in [0.3, 0.4) is 0 Å². The number of hydrogen-bond acceptors (Lipinski definition) is 12. The molecule has 52 heavy (non-hydrogen) atoms. The Labute approximate surface area is 308 Å². The van der Waals surface area contributed by atoms with E-state index in [-0.39, 0.29) is 42.4 Å². The Morgan fingerprint density at radius 2 is 1.63 bits per heavy atom. The highest BCUT2D eigenvalue weighted by Gasteiger charge is 2.70. The molecule has 12 nitrogen and oxygen atoms in total. The van der Waals surface area contributed by atoms with Crippen molar-refractivity contribution in [3.63, 3.8) is 0 Å². The van der Waals surface area contributed by atoms with Gasteiger partial charge in [0, 0.05) is 30.6 Å². The van der Waals surface area contributed by atoms with Gasteiger partial charge in [-0.05, 0) is 80.5 Å². The van der Waals surface area contributed by atoms with E-state index in [4.69, 9.17) is 23.7 Å². The number of carbonyl (C=O) groups excluding carboxylic acids is 2. The van der Waals surface area contributed by atoms with Crippen LogP contribution in [0.1, 0.15) is 106 Å². The van der Waals surface area contributed by atoms with Crippen molar-refractivity contribution in [1.82, 2.24) is 0 Å². The van der Waals surface area contributed by atoms with E-state index in [1.54, 1.807) is 6.92 Å². The second-order valence-electron chi connectivity index (χ2n) is 18.0. The van der Waals surface area contributed by atoms with Crippen LogP contribution in [0.25, 0.3) is 0 Å². The number of carbonyl (C=O) groups is 2. The number of aliphatic hydroxyl groups is 5. The molecule has 2 saturated heterocycles. The molecule has 6 aliphatic rings. The fourth-order valence-corrected chi connectivity index (χ4v) is 11.3. The quantitative estimate of drug-likeness (QED) is 0.163. The summed E-state index contributed by atoms with van der Waals surface area (Å²) in [7, 11) is 0. The third-order valence-corrected chi connectivity index (χ3v) is 14.5. The lowest BCUT2D eigenvalue weighted by molar-refractivity contribution is -0.340. The first-order chi connectivity index (χ1) is 24.4. The van der Waals surface area contributed by atoms with Crippen LogP contribution in [0.2, 0.25) is 0 Å². The second-order valence-corrected chi connectivity index (χ2v) is 18.0. The van der Waals surface area contributed by atoms with Gasteiger partial charge in [0.05, 0.1) is 31.5 Å². The monoisotopic (exact) mass is 736 g/mol. The van der Waals surface area contributed by atoms with Gasteiger partial charge in [0.15, 0.2) is 18.7 Å². The lowest BCUT2D eigenvalue weighted by atomic mass is 9.46. The second kappa shape index (κ2) is 15.2. The first kappa shape index (κ1) is 40.2. The molecule has 17 unspecified atom stereocenters. The smallest absolute Gasteiger partial charge is 0.303 e. The van der Waals surface area contributed by atoms with E-state index in [0.29, 0.717) is 43.9 Å². The zero-order valence-electron chi connectivity index (χ0n) is 32.1. The minimum Gasteiger partial charge on any atom is -0.454 e. The predicted octanol–water partition coefficient (Wildman–Crippen LogP) is 3.43. The number of rotatable bonds is 10. The summed E-state index contributed by atoms with van der Waals surface area (Å²) in [6.45, 7) is 12.9. The molecule has 2 heterocycles. The average molecular weight is 737 g/mol. The highest BCUT2D eigenvalue weighted by molar-refractivity contribution is 5.82. The summed E-state index contributed by atoms with van der Waals surface area (Å²) in [6, 6.07) is 0. The molecule has 2 aliphatic heterocycles. The maximum Gasteiger partial charge on any atom is 0.303 e. The number of aliphatic hydroxyl groups excluding tert-OH is 4. The van der Waals surface area contributed by atoms with Crippen molar-refractivity contribution in [1.29, 1.82) is 0 Å². The molecule has 0 radical (unpaired) electrons. The summed E-state index contributed by atoms with van der Waals surface area (Å²) in [5, 5.41) is 55.5. The van der Waals surface area contributed by atoms with Crippen LogP contribution in [-0.2, 0) is 33.3 Å². The zero-order valence-corrected chi connectivity index (χ0v) is 32.1. The molecular formula is C40H64O12. The van der Waals surface area contributed by atoms with Crippen molar-refractivity contribution in [2.24, 2.45) is 46.3 Å². The molecule has 0 amide bonds. The minimum atomic E-state index is -1.58. The molecule has 3 saturated carbocycles. The SMILES string of the molecule is CC(=O)OC1C(OC2CC3C4CC=C5CC(O)CCC5(C)C4CCC3(C)C2(O)C(C)C(=O)CCC(C)C)OCC(O)C1OC1OCC(O)C(O)C1C. The van der Waals surface area contributed by atoms with Crippen molar-refractivity contribution in [2.75, 3.05) is 13.2 Å². The Hall–Kier alpha value is -1.48. The molecule has 0 bridgehead atoms. The molecule has 296 valence electrons. The molecule has 0 aromatic rings. The third-order valence-electron chi connectivity index (χ3n) is 14.5. The van der Waals surface area contributed by atoms with Gasteiger partial charge >= 0.3 is 5.97 Å². The van der Waals surface area contributed by atoms with Crippen LogP contribution < -0.4 is 0 Å². The Kier molecular flexibility index (Phi) is 11.8. The lowest BCUT2D eigenvalue weighted by Gasteiger charge is -2.59. The average Bonchev–Trinajstić information content (AvgIpc) is 3.32. The van der Waals surface area contributed by atoms with E-state index < -0.39 is 78.0 Å². The largest absolute Gasteiger partial charge is 0.454 e. The molecular weight excluding hydrogens is 672 g/mol. The lowest BCUT2D eigenvalue weighted by Crippen LogP contribution is -2.63. The first-order valence-corrected chi connectivity index (χ1v) is 19.8. The van der Waals surface area contributed by atoms with Gasteiger partial charge in [0.25, 0.3) is 0 Å². The summed E-state index contributed by atoms with van der Waals surface area (Å²) in [5.41, 5.74) is -0.945. The fourth-order valence-electron chi connectivity index (χ4n) is 11.3. The normalized spacial score (nSPS) is 48.2. The van der Waals surface area contributed by atoms with E-state index in [2.05, 4.69) is 33.8 Å². The summed E-state index contributed by atoms with van der Waals surface area (Å²) >= 11 is 0. The molecule has 17 atom stereocenters. The van der Waals surface area contributed by atoms with Gasteiger partial charge in [-0.1, -0.05) is 53.2 Å². The molecule has 5 fully saturated rings. The summed E-state index contributed by atoms with van der Waals surface area (Å²) < 4.78 is 30.5. The Balaban J connectivity index is 1.33. The number of ether oxygens (including phenoxy) is 5. The van der Waals surface area contributed by atoms with Crippen LogP contribution in [0.5, 0.6) is 0 Å². The first-order valence-electron chi connectivity index (χ1n) is 19.8. The highest BCUT2D eigenvalue weighted by Crippen LogP contribution is 2.69. The number of Topliss-reactive ketones (excluding diaryl/α,β-unsaturated/α-hetero) is 1. The molecule has 4 aliphatic carbocycles. The van der Waals surface area contributed by atoms with Gasteiger partial charge in [-0.25, -0.2) is 0 Å². The van der Waals surface area contributed by atoms with Crippen LogP contribution in [0.4, 0.5) is 0 Å². The molecule has 6 rings (SSSR count). The fraction of sp³-hybridized carbons (Fsp3) is 0.900. The van der Waals surface area contributed by atoms with Crippen LogP contribution in [0.15, 0.2) is 11.6 Å². The van der Waals surface area contributed by atoms with Gasteiger partial charge in [0.2, 0.25) is 0 Å². The Morgan fingerprint density at radius 1 is 0.942 bits per heavy atom. The highest BCUT2D eigenvalue weighted by atomic mass is 16.7. The van der Waals surface area contributed by atoms with Crippen molar-refractivity contribution in [2.45, 2.75) is 167 Å². The van der Waals surface area contributed by atoms with Gasteiger partial charge in [-0.3, -0.25) is 9.59 Å². The van der Waals surface area contributed by atoms with Gasteiger partial charge < -0.3 is 49.2 Å². The minimum absolute atomic E-state index is 0.0147. The van der Waals surface area contributed by atoms with E-state index in [1.165, 1.54) is 12.5 Å². The number of ketones is 1. The Morgan fingerprint density at radius 3 is 2.33 bits per heavy atom. The topological polar surface area (TPSA) is 181 Å². The van der Waals surface area contributed by atoms with E-state index in [1.807, 2.05) is 6.92 Å². The van der Waals surface area contributed by atoms with Crippen molar-refractivity contribution < 1.29 is 58.8 Å². The van der Waals surface area contributed by atoms with E-state index in [9.17, 15) is 35.1 Å². The van der Waals surface area contributed by atoms with E-state index in [0.717, 1.165) is 25.7 Å². The molecule has 0 spiro atoms. The number of fused-ring (bicyclic) bond motifs is 5. The summed E-state index contributed by atoms with van der Waals surface area (Å²) in [5.74, 6) is -1.15. The number of esters is 1. The summed E-state index contributed by atoms with van der Waals surface area (Å²) in [4.78, 5) is 26.5. The van der Waals surface area contributed by atoms with Crippen LogP contribution in [-0.4, -0.2) is 111 Å². The maximum atomic E-state index is 14.0. The van der Waals surface area contributed by atoms with Gasteiger partial charge in [0.1, 0.15) is 29.7 Å². The van der Waals surface area contributed by atoms with Crippen molar-refractivity contribution in [3.8, 4) is 0 Å². The van der Waals surface area contributed by atoms with Crippen molar-refractivity contribution >= 4 is 11.8 Å². The predicted molar refractivity (Wildman–Crippen MR) is 188 cm³/mol. The third kappa shape index (κ3) is 6.95. The molecule has 0 aromatic carbocycles. The molecule has 5 N–H and O–H groups in total. The molecule has 12 heteroatoms. The van der Waals surface area contributed by atoms with Gasteiger partial charge in [-0.2, -0.15) is 0 Å². The van der Waals surface area contributed by atoms with Crippen LogP contribution >= 0.6 is 0 Å². The van der Waals surface area contributed by atoms with Crippen LogP contribution in [0, 0.1) is 46.3 Å². The maximum absolute atomic E-state index is 14.0. The van der Waals surface area contributed by atoms with Gasteiger partial charge in [-0.15, -0.1) is 0 Å². The molecule has 0 aromatic heterocycles. The van der Waals surface area contributed by atoms with Crippen molar-refractivity contribution in [3.05, 3.63) is 11.6 Å². The zero-order chi connectivity index (χ0) is 37.9. The number of hydrogen-bond donors (Lipinski definition) is 5. The summed E-state index contributed by atoms with van der Waals surface area (Å²) in [6.07, 6.45) is -0.722. The van der Waals surface area contributed by atoms with E-state index >= 15 is 0 Å². The number of allylic oxidation sites excluding steroid dienone is 1. The standard InChI is InChI=1S/C40H64O12/c1-20(2)8-11-29(43)22(4)40(47)32(17-28-26-10-9-24-16-25(42)12-14-38(24,6)27(26)13-15-39(28,40)7)51-37-35(50-23(5)41)34(31(45)19-49-37)52-36-21(3)33(46)30(44)18-48-36/h9,20-22,25-28,30-37,42,44-47H,8,10-19H2,1-7H3. The Bertz CT molecular complexity index is 1340.